The topological polar surface area (TPSA) is 76.4 Å². The third kappa shape index (κ3) is 2.41. The van der Waals surface area contributed by atoms with Gasteiger partial charge in [-0.05, 0) is 13.3 Å². The molecule has 1 heterocycles. The molecule has 0 saturated heterocycles. The van der Waals surface area contributed by atoms with E-state index in [1.165, 1.54) is 6.07 Å². The number of nitro groups is 1. The molecule has 6 nitrogen and oxygen atoms in total. The first kappa shape index (κ1) is 11.5. The second kappa shape index (κ2) is 4.90. The predicted octanol–water partition coefficient (Wildman–Crippen LogP) is 2.22. The van der Waals surface area contributed by atoms with E-state index in [1.807, 2.05) is 6.92 Å². The summed E-state index contributed by atoms with van der Waals surface area (Å²) in [7, 11) is 0. The molecule has 92 valence electrons. The maximum absolute atomic E-state index is 11.0. The fourth-order valence-corrected chi connectivity index (χ4v) is 1.81. The first-order valence-corrected chi connectivity index (χ1v) is 5.65. The van der Waals surface area contributed by atoms with E-state index < -0.39 is 0 Å². The van der Waals surface area contributed by atoms with Crippen LogP contribution in [-0.2, 0) is 0 Å². The third-order valence-electron chi connectivity index (χ3n) is 2.54. The normalized spacial score (nSPS) is 13.9. The summed E-state index contributed by atoms with van der Waals surface area (Å²) >= 11 is 0. The average molecular weight is 237 g/mol. The van der Waals surface area contributed by atoms with Crippen LogP contribution in [0.1, 0.15) is 13.3 Å². The fraction of sp³-hybridized carbons (Fsp3) is 0.455. The van der Waals surface area contributed by atoms with Gasteiger partial charge in [-0.3, -0.25) is 10.1 Å². The largest absolute Gasteiger partial charge is 0.491 e. The lowest BCUT2D eigenvalue weighted by Gasteiger charge is -2.11. The van der Waals surface area contributed by atoms with Gasteiger partial charge < -0.3 is 15.4 Å². The Balaban J connectivity index is 2.47. The van der Waals surface area contributed by atoms with Crippen molar-refractivity contribution in [2.45, 2.75) is 13.3 Å². The van der Waals surface area contributed by atoms with Crippen LogP contribution in [0, 0.1) is 10.1 Å². The van der Waals surface area contributed by atoms with Gasteiger partial charge in [-0.1, -0.05) is 0 Å². The zero-order valence-corrected chi connectivity index (χ0v) is 9.66. The molecule has 0 spiro atoms. The minimum atomic E-state index is -0.388. The zero-order chi connectivity index (χ0) is 12.3. The highest BCUT2D eigenvalue weighted by Gasteiger charge is 2.22. The number of hydrogen-bond donors (Lipinski definition) is 2. The molecule has 0 aliphatic carbocycles. The molecule has 1 aromatic rings. The molecule has 0 amide bonds. The lowest BCUT2D eigenvalue weighted by Crippen LogP contribution is -2.04. The van der Waals surface area contributed by atoms with E-state index >= 15 is 0 Å². The second-order valence-electron chi connectivity index (χ2n) is 3.78. The highest BCUT2D eigenvalue weighted by molar-refractivity contribution is 5.76. The van der Waals surface area contributed by atoms with Gasteiger partial charge in [0.2, 0.25) is 0 Å². The van der Waals surface area contributed by atoms with Crippen LogP contribution in [0.2, 0.25) is 0 Å². The highest BCUT2D eigenvalue weighted by Crippen LogP contribution is 2.38. The minimum Gasteiger partial charge on any atom is -0.491 e. The van der Waals surface area contributed by atoms with Crippen molar-refractivity contribution in [3.63, 3.8) is 0 Å². The molecule has 0 bridgehead atoms. The number of ether oxygens (including phenoxy) is 1. The molecule has 1 aliphatic heterocycles. The van der Waals surface area contributed by atoms with Gasteiger partial charge >= 0.3 is 0 Å². The van der Waals surface area contributed by atoms with E-state index in [-0.39, 0.29) is 10.6 Å². The molecular formula is C11H15N3O3. The second-order valence-corrected chi connectivity index (χ2v) is 3.78. The Morgan fingerprint density at radius 3 is 3.12 bits per heavy atom. The summed E-state index contributed by atoms with van der Waals surface area (Å²) in [6.45, 7) is 3.92. The number of benzene rings is 1. The Morgan fingerprint density at radius 1 is 1.59 bits per heavy atom. The van der Waals surface area contributed by atoms with E-state index in [0.29, 0.717) is 36.8 Å². The number of hydrogen-bond acceptors (Lipinski definition) is 5. The number of nitro benzene ring substituents is 1. The van der Waals surface area contributed by atoms with Crippen LogP contribution in [0.4, 0.5) is 17.1 Å². The molecule has 0 atom stereocenters. The molecule has 0 saturated carbocycles. The number of nitrogens with one attached hydrogen (secondary N) is 2. The van der Waals surface area contributed by atoms with Crippen molar-refractivity contribution in [2.75, 3.05) is 30.3 Å². The van der Waals surface area contributed by atoms with Gasteiger partial charge in [0.1, 0.15) is 0 Å². The van der Waals surface area contributed by atoms with Gasteiger partial charge in [0.15, 0.2) is 11.4 Å². The van der Waals surface area contributed by atoms with E-state index in [2.05, 4.69) is 10.6 Å². The fourth-order valence-electron chi connectivity index (χ4n) is 1.81. The molecule has 0 fully saturated rings. The van der Waals surface area contributed by atoms with Crippen LogP contribution in [-0.4, -0.2) is 24.6 Å². The highest BCUT2D eigenvalue weighted by atomic mass is 16.6. The Bertz CT molecular complexity index is 434. The minimum absolute atomic E-state index is 0.0559. The van der Waals surface area contributed by atoms with Crippen LogP contribution in [0.3, 0.4) is 0 Å². The van der Waals surface area contributed by atoms with Gasteiger partial charge in [0.05, 0.1) is 11.5 Å². The Hall–Kier alpha value is -1.98. The lowest BCUT2D eigenvalue weighted by atomic mass is 10.2. The molecule has 1 aliphatic rings. The number of nitrogens with zero attached hydrogens (tertiary/aromatic N) is 1. The van der Waals surface area contributed by atoms with E-state index in [9.17, 15) is 10.1 Å². The van der Waals surface area contributed by atoms with Crippen molar-refractivity contribution in [1.82, 2.24) is 0 Å². The van der Waals surface area contributed by atoms with E-state index in [1.54, 1.807) is 6.07 Å². The Kier molecular flexibility index (Phi) is 3.32. The predicted molar refractivity (Wildman–Crippen MR) is 65.9 cm³/mol. The van der Waals surface area contributed by atoms with E-state index in [0.717, 1.165) is 6.42 Å². The van der Waals surface area contributed by atoms with E-state index in [4.69, 9.17) is 4.74 Å². The molecule has 1 aromatic carbocycles. The number of rotatable bonds is 3. The quantitative estimate of drug-likeness (QED) is 0.622. The summed E-state index contributed by atoms with van der Waals surface area (Å²) in [5.74, 6) is 0.549. The molecule has 0 aromatic heterocycles. The van der Waals surface area contributed by atoms with Crippen LogP contribution >= 0.6 is 0 Å². The van der Waals surface area contributed by atoms with Crippen molar-refractivity contribution < 1.29 is 9.66 Å². The van der Waals surface area contributed by atoms with Crippen LogP contribution in [0.15, 0.2) is 12.1 Å². The maximum Gasteiger partial charge on any atom is 0.298 e. The monoisotopic (exact) mass is 237 g/mol. The van der Waals surface area contributed by atoms with Crippen LogP contribution in [0.25, 0.3) is 0 Å². The molecule has 2 N–H and O–H groups in total. The standard InChI is InChI=1S/C11H15N3O3/c1-2-12-8-6-9(14(15)16)11-10(7-8)17-5-3-4-13-11/h6-7,12-13H,2-5H2,1H3. The summed E-state index contributed by atoms with van der Waals surface area (Å²) in [4.78, 5) is 10.6. The third-order valence-corrected chi connectivity index (χ3v) is 2.54. The zero-order valence-electron chi connectivity index (χ0n) is 9.66. The van der Waals surface area contributed by atoms with Gasteiger partial charge in [-0.25, -0.2) is 0 Å². The number of anilines is 2. The van der Waals surface area contributed by atoms with Crippen molar-refractivity contribution in [1.29, 1.82) is 0 Å². The van der Waals surface area contributed by atoms with Crippen molar-refractivity contribution >= 4 is 17.1 Å². The van der Waals surface area contributed by atoms with Crippen molar-refractivity contribution in [2.24, 2.45) is 0 Å². The van der Waals surface area contributed by atoms with Gasteiger partial charge in [0.25, 0.3) is 5.69 Å². The molecule has 0 unspecified atom stereocenters. The summed E-state index contributed by atoms with van der Waals surface area (Å²) in [5.41, 5.74) is 1.25. The summed E-state index contributed by atoms with van der Waals surface area (Å²) < 4.78 is 5.52. The van der Waals surface area contributed by atoms with Crippen molar-refractivity contribution in [3.8, 4) is 5.75 Å². The summed E-state index contributed by atoms with van der Waals surface area (Å²) in [6.07, 6.45) is 0.836. The molecule has 17 heavy (non-hydrogen) atoms. The lowest BCUT2D eigenvalue weighted by molar-refractivity contribution is -0.383. The first-order chi connectivity index (χ1) is 8.22. The van der Waals surface area contributed by atoms with Crippen molar-refractivity contribution in [3.05, 3.63) is 22.2 Å². The van der Waals surface area contributed by atoms with Crippen LogP contribution < -0.4 is 15.4 Å². The van der Waals surface area contributed by atoms with Crippen LogP contribution in [0.5, 0.6) is 5.75 Å². The first-order valence-electron chi connectivity index (χ1n) is 5.65. The van der Waals surface area contributed by atoms with Gasteiger partial charge in [-0.15, -0.1) is 0 Å². The smallest absolute Gasteiger partial charge is 0.298 e. The number of fused-ring (bicyclic) bond motifs is 1. The molecular weight excluding hydrogens is 222 g/mol. The Morgan fingerprint density at radius 2 is 2.41 bits per heavy atom. The summed E-state index contributed by atoms with van der Waals surface area (Å²) in [5, 5.41) is 17.1. The molecule has 2 rings (SSSR count). The molecule has 6 heteroatoms. The summed E-state index contributed by atoms with van der Waals surface area (Å²) in [6, 6.07) is 3.33. The van der Waals surface area contributed by atoms with Gasteiger partial charge in [-0.2, -0.15) is 0 Å². The van der Waals surface area contributed by atoms with Gasteiger partial charge in [0, 0.05) is 30.9 Å². The SMILES string of the molecule is CCNc1cc2c(c([N+](=O)[O-])c1)NCCCO2. The Labute approximate surface area is 99.1 Å². The molecule has 0 radical (unpaired) electrons. The average Bonchev–Trinajstić information content (AvgIpc) is 2.53. The maximum atomic E-state index is 11.0.